The van der Waals surface area contributed by atoms with Gasteiger partial charge in [0.05, 0.1) is 0 Å². The van der Waals surface area contributed by atoms with Crippen molar-refractivity contribution in [3.05, 3.63) is 11.6 Å². The van der Waals surface area contributed by atoms with Gasteiger partial charge < -0.3 is 5.32 Å². The van der Waals surface area contributed by atoms with Gasteiger partial charge in [-0.3, -0.25) is 0 Å². The fourth-order valence-electron chi connectivity index (χ4n) is 1.44. The summed E-state index contributed by atoms with van der Waals surface area (Å²) in [6.07, 6.45) is 4.76. The van der Waals surface area contributed by atoms with Gasteiger partial charge in [0.25, 0.3) is 0 Å². The van der Waals surface area contributed by atoms with Crippen molar-refractivity contribution < 1.29 is 0 Å². The molecule has 1 aliphatic rings. The van der Waals surface area contributed by atoms with Crippen molar-refractivity contribution in [1.82, 2.24) is 5.32 Å². The maximum absolute atomic E-state index is 3.50. The molecule has 1 heterocycles. The quantitative estimate of drug-likeness (QED) is 0.548. The van der Waals surface area contributed by atoms with E-state index in [0.717, 1.165) is 6.54 Å². The second-order valence-corrected chi connectivity index (χ2v) is 3.44. The van der Waals surface area contributed by atoms with Gasteiger partial charge in [0, 0.05) is 5.54 Å². The van der Waals surface area contributed by atoms with Gasteiger partial charge in [-0.25, -0.2) is 0 Å². The van der Waals surface area contributed by atoms with Crippen LogP contribution in [0.4, 0.5) is 0 Å². The lowest BCUT2D eigenvalue weighted by Crippen LogP contribution is -2.43. The molecule has 1 aliphatic heterocycles. The molecule has 1 unspecified atom stereocenters. The first-order chi connectivity index (χ1) is 4.66. The molecule has 0 aromatic heterocycles. The number of hydrogen-bond acceptors (Lipinski definition) is 1. The molecule has 0 saturated carbocycles. The lowest BCUT2D eigenvalue weighted by Gasteiger charge is -2.31. The SMILES string of the molecule is CCC1(C)C=C(C)CCN1. The Bertz CT molecular complexity index is 149. The third-order valence-corrected chi connectivity index (χ3v) is 2.35. The first-order valence-electron chi connectivity index (χ1n) is 4.10. The molecule has 0 aromatic carbocycles. The lowest BCUT2D eigenvalue weighted by atomic mass is 9.91. The van der Waals surface area contributed by atoms with Gasteiger partial charge in [0.1, 0.15) is 0 Å². The molecule has 10 heavy (non-hydrogen) atoms. The Kier molecular flexibility index (Phi) is 2.14. The van der Waals surface area contributed by atoms with Crippen molar-refractivity contribution in [3.8, 4) is 0 Å². The largest absolute Gasteiger partial charge is 0.308 e. The molecule has 58 valence electrons. The Labute approximate surface area is 63.5 Å². The Morgan fingerprint density at radius 3 is 2.80 bits per heavy atom. The molecule has 0 bridgehead atoms. The average Bonchev–Trinajstić information content (AvgIpc) is 1.88. The van der Waals surface area contributed by atoms with E-state index in [4.69, 9.17) is 0 Å². The van der Waals surface area contributed by atoms with E-state index >= 15 is 0 Å². The molecule has 0 radical (unpaired) electrons. The van der Waals surface area contributed by atoms with E-state index in [1.54, 1.807) is 0 Å². The molecule has 1 nitrogen and oxygen atoms in total. The highest BCUT2D eigenvalue weighted by Gasteiger charge is 2.20. The van der Waals surface area contributed by atoms with Crippen LogP contribution in [0.15, 0.2) is 11.6 Å². The van der Waals surface area contributed by atoms with E-state index < -0.39 is 0 Å². The lowest BCUT2D eigenvalue weighted by molar-refractivity contribution is 0.405. The van der Waals surface area contributed by atoms with Crippen molar-refractivity contribution in [1.29, 1.82) is 0 Å². The maximum atomic E-state index is 3.50. The zero-order valence-electron chi connectivity index (χ0n) is 7.20. The Balaban J connectivity index is 2.69. The number of rotatable bonds is 1. The third-order valence-electron chi connectivity index (χ3n) is 2.35. The zero-order valence-corrected chi connectivity index (χ0v) is 7.20. The molecular formula is C9H17N. The topological polar surface area (TPSA) is 12.0 Å². The van der Waals surface area contributed by atoms with Gasteiger partial charge in [-0.2, -0.15) is 0 Å². The van der Waals surface area contributed by atoms with Gasteiger partial charge in [0.15, 0.2) is 0 Å². The minimum absolute atomic E-state index is 0.280. The van der Waals surface area contributed by atoms with Crippen LogP contribution in [-0.2, 0) is 0 Å². The van der Waals surface area contributed by atoms with E-state index in [1.807, 2.05) is 0 Å². The molecule has 1 heteroatoms. The van der Waals surface area contributed by atoms with E-state index in [0.29, 0.717) is 0 Å². The molecule has 1 N–H and O–H groups in total. The first kappa shape index (κ1) is 7.80. The summed E-state index contributed by atoms with van der Waals surface area (Å²) in [5, 5.41) is 3.50. The van der Waals surface area contributed by atoms with Crippen molar-refractivity contribution in [2.75, 3.05) is 6.54 Å². The van der Waals surface area contributed by atoms with Gasteiger partial charge in [-0.05, 0) is 33.2 Å². The number of hydrogen-bond donors (Lipinski definition) is 1. The van der Waals surface area contributed by atoms with Gasteiger partial charge in [-0.1, -0.05) is 18.6 Å². The van der Waals surface area contributed by atoms with Crippen molar-refractivity contribution >= 4 is 0 Å². The Morgan fingerprint density at radius 1 is 1.70 bits per heavy atom. The van der Waals surface area contributed by atoms with Crippen LogP contribution in [0.25, 0.3) is 0 Å². The summed E-state index contributed by atoms with van der Waals surface area (Å²) in [6.45, 7) is 7.85. The molecule has 0 amide bonds. The highest BCUT2D eigenvalue weighted by atomic mass is 15.0. The van der Waals surface area contributed by atoms with Crippen LogP contribution in [0.1, 0.15) is 33.6 Å². The van der Waals surface area contributed by atoms with E-state index in [9.17, 15) is 0 Å². The standard InChI is InChI=1S/C9H17N/c1-4-9(3)7-8(2)5-6-10-9/h7,10H,4-6H2,1-3H3. The van der Waals surface area contributed by atoms with E-state index in [1.165, 1.54) is 18.4 Å². The molecule has 0 saturated heterocycles. The predicted octanol–water partition coefficient (Wildman–Crippen LogP) is 2.09. The third kappa shape index (κ3) is 1.60. The molecule has 1 rings (SSSR count). The van der Waals surface area contributed by atoms with Crippen LogP contribution in [0, 0.1) is 0 Å². The van der Waals surface area contributed by atoms with Crippen molar-refractivity contribution in [2.45, 2.75) is 39.2 Å². The molecule has 0 fully saturated rings. The summed E-state index contributed by atoms with van der Waals surface area (Å²) in [5.74, 6) is 0. The molecular weight excluding hydrogens is 122 g/mol. The van der Waals surface area contributed by atoms with Crippen LogP contribution in [0.5, 0.6) is 0 Å². The van der Waals surface area contributed by atoms with Crippen LogP contribution >= 0.6 is 0 Å². The average molecular weight is 139 g/mol. The smallest absolute Gasteiger partial charge is 0.0335 e. The van der Waals surface area contributed by atoms with E-state index in [-0.39, 0.29) is 5.54 Å². The maximum Gasteiger partial charge on any atom is 0.0335 e. The fraction of sp³-hybridized carbons (Fsp3) is 0.778. The normalized spacial score (nSPS) is 33.7. The molecule has 0 aliphatic carbocycles. The van der Waals surface area contributed by atoms with Crippen LogP contribution in [-0.4, -0.2) is 12.1 Å². The van der Waals surface area contributed by atoms with Gasteiger partial charge in [-0.15, -0.1) is 0 Å². The second kappa shape index (κ2) is 2.75. The molecule has 1 atom stereocenters. The monoisotopic (exact) mass is 139 g/mol. The minimum Gasteiger partial charge on any atom is -0.308 e. The molecule has 0 spiro atoms. The van der Waals surface area contributed by atoms with Gasteiger partial charge >= 0.3 is 0 Å². The van der Waals surface area contributed by atoms with Crippen LogP contribution < -0.4 is 5.32 Å². The van der Waals surface area contributed by atoms with Crippen molar-refractivity contribution in [3.63, 3.8) is 0 Å². The summed E-state index contributed by atoms with van der Waals surface area (Å²) >= 11 is 0. The Hall–Kier alpha value is -0.300. The number of nitrogens with one attached hydrogen (secondary N) is 1. The summed E-state index contributed by atoms with van der Waals surface area (Å²) < 4.78 is 0. The summed E-state index contributed by atoms with van der Waals surface area (Å²) in [6, 6.07) is 0. The second-order valence-electron chi connectivity index (χ2n) is 3.44. The van der Waals surface area contributed by atoms with Crippen LogP contribution in [0.2, 0.25) is 0 Å². The predicted molar refractivity (Wildman–Crippen MR) is 45.1 cm³/mol. The van der Waals surface area contributed by atoms with Crippen LogP contribution in [0.3, 0.4) is 0 Å². The summed E-state index contributed by atoms with van der Waals surface area (Å²) in [4.78, 5) is 0. The summed E-state index contributed by atoms with van der Waals surface area (Å²) in [7, 11) is 0. The molecule has 0 aromatic rings. The minimum atomic E-state index is 0.280. The highest BCUT2D eigenvalue weighted by Crippen LogP contribution is 2.19. The van der Waals surface area contributed by atoms with Gasteiger partial charge in [0.2, 0.25) is 0 Å². The fourth-order valence-corrected chi connectivity index (χ4v) is 1.44. The van der Waals surface area contributed by atoms with E-state index in [2.05, 4.69) is 32.2 Å². The van der Waals surface area contributed by atoms with Crippen molar-refractivity contribution in [2.24, 2.45) is 0 Å². The first-order valence-corrected chi connectivity index (χ1v) is 4.10. The summed E-state index contributed by atoms with van der Waals surface area (Å²) in [5.41, 5.74) is 1.81. The zero-order chi connectivity index (χ0) is 7.61. The Morgan fingerprint density at radius 2 is 2.40 bits per heavy atom. The highest BCUT2D eigenvalue weighted by molar-refractivity contribution is 5.14.